The van der Waals surface area contributed by atoms with Crippen LogP contribution in [0.1, 0.15) is 55.9 Å². The Labute approximate surface area is 148 Å². The summed E-state index contributed by atoms with van der Waals surface area (Å²) in [5.74, 6) is 2.16. The van der Waals surface area contributed by atoms with Gasteiger partial charge >= 0.3 is 0 Å². The molecule has 1 aliphatic rings. The van der Waals surface area contributed by atoms with Gasteiger partial charge in [-0.05, 0) is 43.9 Å². The third kappa shape index (κ3) is 4.38. The van der Waals surface area contributed by atoms with Gasteiger partial charge in [-0.15, -0.1) is 0 Å². The zero-order chi connectivity index (χ0) is 17.6. The van der Waals surface area contributed by atoms with Gasteiger partial charge in [-0.2, -0.15) is 4.98 Å². The molecule has 6 heteroatoms. The smallest absolute Gasteiger partial charge is 0.249 e. The summed E-state index contributed by atoms with van der Waals surface area (Å²) in [6, 6.07) is 7.86. The van der Waals surface area contributed by atoms with Gasteiger partial charge in [0.2, 0.25) is 11.8 Å². The summed E-state index contributed by atoms with van der Waals surface area (Å²) in [6.45, 7) is 5.18. The highest BCUT2D eigenvalue weighted by atomic mass is 16.5. The molecule has 0 N–H and O–H groups in total. The van der Waals surface area contributed by atoms with Crippen LogP contribution in [0.3, 0.4) is 0 Å². The maximum absolute atomic E-state index is 12.1. The lowest BCUT2D eigenvalue weighted by Crippen LogP contribution is -2.38. The van der Waals surface area contributed by atoms with Crippen LogP contribution in [0.15, 0.2) is 28.8 Å². The SMILES string of the molecule is CCC(=O)N1CCCCC1c1nc(CCOc2cccc(C)c2)no1. The molecule has 1 aliphatic heterocycles. The van der Waals surface area contributed by atoms with Crippen LogP contribution >= 0.6 is 0 Å². The summed E-state index contributed by atoms with van der Waals surface area (Å²) in [4.78, 5) is 18.5. The second kappa shape index (κ2) is 8.14. The zero-order valence-corrected chi connectivity index (χ0v) is 14.9. The molecule has 1 aromatic carbocycles. The van der Waals surface area contributed by atoms with Crippen LogP contribution < -0.4 is 4.74 Å². The van der Waals surface area contributed by atoms with Gasteiger partial charge < -0.3 is 14.2 Å². The average Bonchev–Trinajstić information content (AvgIpc) is 3.10. The van der Waals surface area contributed by atoms with Crippen molar-refractivity contribution in [3.63, 3.8) is 0 Å². The van der Waals surface area contributed by atoms with Gasteiger partial charge in [0.15, 0.2) is 5.82 Å². The first-order valence-corrected chi connectivity index (χ1v) is 8.98. The summed E-state index contributed by atoms with van der Waals surface area (Å²) in [5.41, 5.74) is 1.16. The van der Waals surface area contributed by atoms with Crippen LogP contribution in [0.25, 0.3) is 0 Å². The topological polar surface area (TPSA) is 68.5 Å². The highest BCUT2D eigenvalue weighted by molar-refractivity contribution is 5.76. The summed E-state index contributed by atoms with van der Waals surface area (Å²) in [7, 11) is 0. The first-order valence-electron chi connectivity index (χ1n) is 8.98. The Bertz CT molecular complexity index is 713. The fourth-order valence-corrected chi connectivity index (χ4v) is 3.16. The monoisotopic (exact) mass is 343 g/mol. The van der Waals surface area contributed by atoms with Gasteiger partial charge in [0, 0.05) is 19.4 Å². The Kier molecular flexibility index (Phi) is 5.68. The molecule has 1 unspecified atom stereocenters. The van der Waals surface area contributed by atoms with Gasteiger partial charge in [-0.1, -0.05) is 24.2 Å². The maximum Gasteiger partial charge on any atom is 0.249 e. The van der Waals surface area contributed by atoms with E-state index in [2.05, 4.69) is 10.1 Å². The molecule has 1 atom stereocenters. The van der Waals surface area contributed by atoms with Gasteiger partial charge in [-0.25, -0.2) is 0 Å². The fraction of sp³-hybridized carbons (Fsp3) is 0.526. The molecule has 3 rings (SSSR count). The number of nitrogens with zero attached hydrogens (tertiary/aromatic N) is 3. The van der Waals surface area contributed by atoms with Crippen molar-refractivity contribution < 1.29 is 14.1 Å². The van der Waals surface area contributed by atoms with E-state index in [9.17, 15) is 4.79 Å². The van der Waals surface area contributed by atoms with Crippen LogP contribution in [0.4, 0.5) is 0 Å². The molecule has 0 radical (unpaired) electrons. The van der Waals surface area contributed by atoms with Crippen LogP contribution in [0.5, 0.6) is 5.75 Å². The number of amides is 1. The first kappa shape index (κ1) is 17.5. The Balaban J connectivity index is 1.58. The number of likely N-dealkylation sites (tertiary alicyclic amines) is 1. The van der Waals surface area contributed by atoms with E-state index >= 15 is 0 Å². The predicted octanol–water partition coefficient (Wildman–Crippen LogP) is 3.46. The number of hydrogen-bond donors (Lipinski definition) is 0. The molecule has 0 spiro atoms. The number of rotatable bonds is 6. The van der Waals surface area contributed by atoms with E-state index in [0.717, 1.165) is 37.1 Å². The molecular weight excluding hydrogens is 318 g/mol. The lowest BCUT2D eigenvalue weighted by atomic mass is 10.0. The Morgan fingerprint density at radius 2 is 2.28 bits per heavy atom. The van der Waals surface area contributed by atoms with Gasteiger partial charge in [0.1, 0.15) is 11.8 Å². The number of hydrogen-bond acceptors (Lipinski definition) is 5. The number of carbonyl (C=O) groups is 1. The standard InChI is InChI=1S/C19H25N3O3/c1-3-18(23)22-11-5-4-9-16(22)19-20-17(21-25-19)10-12-24-15-8-6-7-14(2)13-15/h6-8,13,16H,3-5,9-12H2,1-2H3. The predicted molar refractivity (Wildman–Crippen MR) is 93.3 cm³/mol. The third-order valence-electron chi connectivity index (χ3n) is 4.48. The number of piperidine rings is 1. The third-order valence-corrected chi connectivity index (χ3v) is 4.48. The molecule has 25 heavy (non-hydrogen) atoms. The molecule has 2 aromatic rings. The molecule has 134 valence electrons. The van der Waals surface area contributed by atoms with E-state index in [1.807, 2.05) is 43.0 Å². The number of benzene rings is 1. The highest BCUT2D eigenvalue weighted by Gasteiger charge is 2.31. The van der Waals surface area contributed by atoms with Gasteiger partial charge in [-0.3, -0.25) is 4.79 Å². The summed E-state index contributed by atoms with van der Waals surface area (Å²) in [5, 5.41) is 4.06. The van der Waals surface area contributed by atoms with E-state index in [4.69, 9.17) is 9.26 Å². The normalized spacial score (nSPS) is 17.5. The minimum Gasteiger partial charge on any atom is -0.493 e. The lowest BCUT2D eigenvalue weighted by molar-refractivity contribution is -0.135. The zero-order valence-electron chi connectivity index (χ0n) is 14.9. The lowest BCUT2D eigenvalue weighted by Gasteiger charge is -2.33. The quantitative estimate of drug-likeness (QED) is 0.803. The highest BCUT2D eigenvalue weighted by Crippen LogP contribution is 2.30. The summed E-state index contributed by atoms with van der Waals surface area (Å²) < 4.78 is 11.2. The number of carbonyl (C=O) groups excluding carboxylic acids is 1. The van der Waals surface area contributed by atoms with E-state index in [1.165, 1.54) is 0 Å². The molecule has 1 saturated heterocycles. The molecule has 2 heterocycles. The van der Waals surface area contributed by atoms with E-state index in [-0.39, 0.29) is 11.9 Å². The van der Waals surface area contributed by atoms with Crippen molar-refractivity contribution in [1.82, 2.24) is 15.0 Å². The van der Waals surface area contributed by atoms with Gasteiger partial charge in [0.05, 0.1) is 6.61 Å². The van der Waals surface area contributed by atoms with Crippen LogP contribution in [0.2, 0.25) is 0 Å². The fourth-order valence-electron chi connectivity index (χ4n) is 3.16. The van der Waals surface area contributed by atoms with Crippen molar-refractivity contribution in [2.45, 2.75) is 52.0 Å². The van der Waals surface area contributed by atoms with Crippen LogP contribution in [0, 0.1) is 6.92 Å². The molecule has 0 bridgehead atoms. The van der Waals surface area contributed by atoms with Gasteiger partial charge in [0.25, 0.3) is 0 Å². The molecule has 0 aliphatic carbocycles. The van der Waals surface area contributed by atoms with E-state index in [1.54, 1.807) is 0 Å². The Morgan fingerprint density at radius 1 is 1.40 bits per heavy atom. The van der Waals surface area contributed by atoms with Crippen molar-refractivity contribution in [3.05, 3.63) is 41.5 Å². The summed E-state index contributed by atoms with van der Waals surface area (Å²) >= 11 is 0. The van der Waals surface area contributed by atoms with E-state index in [0.29, 0.717) is 31.2 Å². The van der Waals surface area contributed by atoms with Crippen molar-refractivity contribution in [1.29, 1.82) is 0 Å². The van der Waals surface area contributed by atoms with Crippen molar-refractivity contribution >= 4 is 5.91 Å². The van der Waals surface area contributed by atoms with Crippen LogP contribution in [-0.2, 0) is 11.2 Å². The van der Waals surface area contributed by atoms with Crippen molar-refractivity contribution in [2.75, 3.05) is 13.2 Å². The second-order valence-electron chi connectivity index (χ2n) is 6.42. The number of aryl methyl sites for hydroxylation is 1. The van der Waals surface area contributed by atoms with Crippen molar-refractivity contribution in [3.8, 4) is 5.75 Å². The maximum atomic E-state index is 12.1. The minimum absolute atomic E-state index is 0.0832. The Morgan fingerprint density at radius 3 is 3.08 bits per heavy atom. The largest absolute Gasteiger partial charge is 0.493 e. The molecular formula is C19H25N3O3. The van der Waals surface area contributed by atoms with E-state index < -0.39 is 0 Å². The molecule has 1 fully saturated rings. The Hall–Kier alpha value is -2.37. The minimum atomic E-state index is -0.0832. The number of ether oxygens (including phenoxy) is 1. The van der Waals surface area contributed by atoms with Crippen molar-refractivity contribution in [2.24, 2.45) is 0 Å². The molecule has 0 saturated carbocycles. The molecule has 1 aromatic heterocycles. The number of aromatic nitrogens is 2. The second-order valence-corrected chi connectivity index (χ2v) is 6.42. The molecule has 1 amide bonds. The summed E-state index contributed by atoms with van der Waals surface area (Å²) in [6.07, 6.45) is 4.07. The van der Waals surface area contributed by atoms with Crippen LogP contribution in [-0.4, -0.2) is 34.1 Å². The average molecular weight is 343 g/mol. The first-order chi connectivity index (χ1) is 12.2. The molecule has 6 nitrogen and oxygen atoms in total.